The highest BCUT2D eigenvalue weighted by atomic mass is 16.7. The number of hydrogen-bond donors (Lipinski definition) is 1. The minimum absolute atomic E-state index is 0.190. The Morgan fingerprint density at radius 1 is 0.857 bits per heavy atom. The molecule has 0 aromatic heterocycles. The van der Waals surface area contributed by atoms with Crippen LogP contribution in [0.4, 0.5) is 0 Å². The van der Waals surface area contributed by atoms with Crippen LogP contribution < -0.4 is 0 Å². The Morgan fingerprint density at radius 2 is 1.38 bits per heavy atom. The third-order valence-electron chi connectivity index (χ3n) is 3.80. The molecular formula is C15H8O6. The Hall–Kier alpha value is -2.73. The standard InChI is InChI=1S/C15H8O6/c1-15(19)9-5-4-7-10-6(12(16)20-13(7)17)2-3-8(11(9)10)14(18)21-15/h2-5,19H,1H3. The van der Waals surface area contributed by atoms with Crippen LogP contribution in [0.2, 0.25) is 0 Å². The summed E-state index contributed by atoms with van der Waals surface area (Å²) in [6.45, 7) is 1.33. The van der Waals surface area contributed by atoms with Crippen molar-refractivity contribution in [2.24, 2.45) is 0 Å². The Kier molecular flexibility index (Phi) is 1.99. The Balaban J connectivity index is 2.27. The third-order valence-corrected chi connectivity index (χ3v) is 3.80. The number of aliphatic hydroxyl groups is 1. The quantitative estimate of drug-likeness (QED) is 0.582. The average Bonchev–Trinajstić information content (AvgIpc) is 2.41. The van der Waals surface area contributed by atoms with E-state index in [-0.39, 0.29) is 16.7 Å². The Bertz CT molecular complexity index is 857. The molecule has 6 nitrogen and oxygen atoms in total. The molecule has 1 N–H and O–H groups in total. The molecule has 4 rings (SSSR count). The molecule has 0 fully saturated rings. The second-order valence-electron chi connectivity index (χ2n) is 5.12. The van der Waals surface area contributed by atoms with Crippen LogP contribution in [0, 0.1) is 0 Å². The van der Waals surface area contributed by atoms with Crippen molar-refractivity contribution in [3.05, 3.63) is 46.5 Å². The van der Waals surface area contributed by atoms with E-state index in [0.717, 1.165) is 0 Å². The summed E-state index contributed by atoms with van der Waals surface area (Å²) in [4.78, 5) is 35.7. The second-order valence-corrected chi connectivity index (χ2v) is 5.12. The molecule has 1 atom stereocenters. The lowest BCUT2D eigenvalue weighted by atomic mass is 9.86. The van der Waals surface area contributed by atoms with Gasteiger partial charge in [0, 0.05) is 23.3 Å². The summed E-state index contributed by atoms with van der Waals surface area (Å²) < 4.78 is 9.65. The molecule has 104 valence electrons. The molecule has 1 unspecified atom stereocenters. The molecular weight excluding hydrogens is 276 g/mol. The third kappa shape index (κ3) is 1.37. The number of cyclic esters (lactones) is 3. The van der Waals surface area contributed by atoms with E-state index in [2.05, 4.69) is 4.74 Å². The van der Waals surface area contributed by atoms with Crippen LogP contribution in [0.5, 0.6) is 0 Å². The molecule has 0 amide bonds. The van der Waals surface area contributed by atoms with Crippen LogP contribution in [-0.4, -0.2) is 23.0 Å². The fraction of sp³-hybridized carbons (Fsp3) is 0.133. The predicted molar refractivity (Wildman–Crippen MR) is 68.7 cm³/mol. The molecule has 2 aromatic carbocycles. The second kappa shape index (κ2) is 3.48. The van der Waals surface area contributed by atoms with E-state index in [9.17, 15) is 19.5 Å². The van der Waals surface area contributed by atoms with Crippen molar-refractivity contribution in [2.45, 2.75) is 12.7 Å². The van der Waals surface area contributed by atoms with Gasteiger partial charge < -0.3 is 14.6 Å². The predicted octanol–water partition coefficient (Wildman–Crippen LogP) is 1.49. The van der Waals surface area contributed by atoms with Crippen molar-refractivity contribution in [1.29, 1.82) is 0 Å². The van der Waals surface area contributed by atoms with Crippen molar-refractivity contribution < 1.29 is 29.0 Å². The monoisotopic (exact) mass is 284 g/mol. The highest BCUT2D eigenvalue weighted by Gasteiger charge is 2.40. The highest BCUT2D eigenvalue weighted by molar-refractivity contribution is 6.24. The summed E-state index contributed by atoms with van der Waals surface area (Å²) >= 11 is 0. The van der Waals surface area contributed by atoms with Gasteiger partial charge in [-0.25, -0.2) is 14.4 Å². The minimum Gasteiger partial charge on any atom is -0.425 e. The topological polar surface area (TPSA) is 89.9 Å². The van der Waals surface area contributed by atoms with Crippen LogP contribution in [0.25, 0.3) is 10.8 Å². The lowest BCUT2D eigenvalue weighted by Gasteiger charge is -2.31. The summed E-state index contributed by atoms with van der Waals surface area (Å²) in [6, 6.07) is 5.79. The van der Waals surface area contributed by atoms with Gasteiger partial charge in [0.2, 0.25) is 5.79 Å². The van der Waals surface area contributed by atoms with E-state index in [1.54, 1.807) is 0 Å². The highest BCUT2D eigenvalue weighted by Crippen LogP contribution is 2.41. The molecule has 0 aliphatic carbocycles. The first-order valence-electron chi connectivity index (χ1n) is 6.22. The number of rotatable bonds is 0. The summed E-state index contributed by atoms with van der Waals surface area (Å²) in [6.07, 6.45) is 0. The number of carbonyl (C=O) groups is 3. The van der Waals surface area contributed by atoms with E-state index < -0.39 is 23.7 Å². The van der Waals surface area contributed by atoms with Gasteiger partial charge in [0.15, 0.2) is 0 Å². The molecule has 2 aliphatic rings. The fourth-order valence-electron chi connectivity index (χ4n) is 2.88. The van der Waals surface area contributed by atoms with Gasteiger partial charge in [-0.2, -0.15) is 0 Å². The van der Waals surface area contributed by atoms with Crippen molar-refractivity contribution in [2.75, 3.05) is 0 Å². The number of esters is 3. The van der Waals surface area contributed by atoms with Gasteiger partial charge in [0.05, 0.1) is 16.7 Å². The number of benzene rings is 2. The van der Waals surface area contributed by atoms with E-state index in [1.807, 2.05) is 0 Å². The fourth-order valence-corrected chi connectivity index (χ4v) is 2.88. The van der Waals surface area contributed by atoms with Gasteiger partial charge >= 0.3 is 17.9 Å². The van der Waals surface area contributed by atoms with Crippen LogP contribution in [-0.2, 0) is 15.3 Å². The van der Waals surface area contributed by atoms with E-state index in [1.165, 1.54) is 31.2 Å². The first-order chi connectivity index (χ1) is 9.90. The summed E-state index contributed by atoms with van der Waals surface area (Å²) in [5.74, 6) is -4.06. The van der Waals surface area contributed by atoms with Gasteiger partial charge in [0.25, 0.3) is 0 Å². The molecule has 0 radical (unpaired) electrons. The van der Waals surface area contributed by atoms with Crippen LogP contribution in [0.15, 0.2) is 24.3 Å². The summed E-state index contributed by atoms with van der Waals surface area (Å²) in [5.41, 5.74) is 0.922. The van der Waals surface area contributed by atoms with Gasteiger partial charge in [-0.05, 0) is 18.2 Å². The first kappa shape index (κ1) is 12.0. The molecule has 0 spiro atoms. The van der Waals surface area contributed by atoms with Gasteiger partial charge in [-0.3, -0.25) is 0 Å². The normalized spacial score (nSPS) is 23.0. The van der Waals surface area contributed by atoms with Gasteiger partial charge in [-0.15, -0.1) is 0 Å². The van der Waals surface area contributed by atoms with E-state index >= 15 is 0 Å². The van der Waals surface area contributed by atoms with Gasteiger partial charge in [0.1, 0.15) is 0 Å². The van der Waals surface area contributed by atoms with E-state index in [0.29, 0.717) is 16.3 Å². The number of hydrogen-bond acceptors (Lipinski definition) is 6. The molecule has 0 bridgehead atoms. The molecule has 0 saturated heterocycles. The van der Waals surface area contributed by atoms with Crippen molar-refractivity contribution in [3.8, 4) is 0 Å². The van der Waals surface area contributed by atoms with Crippen LogP contribution in [0.1, 0.15) is 43.6 Å². The molecule has 21 heavy (non-hydrogen) atoms. The van der Waals surface area contributed by atoms with Crippen molar-refractivity contribution >= 4 is 28.7 Å². The Morgan fingerprint density at radius 3 is 2.00 bits per heavy atom. The zero-order valence-corrected chi connectivity index (χ0v) is 10.8. The molecule has 6 heteroatoms. The van der Waals surface area contributed by atoms with Crippen molar-refractivity contribution in [1.82, 2.24) is 0 Å². The first-order valence-corrected chi connectivity index (χ1v) is 6.22. The molecule has 2 heterocycles. The number of ether oxygens (including phenoxy) is 2. The lowest BCUT2D eigenvalue weighted by molar-refractivity contribution is -0.159. The number of carbonyl (C=O) groups excluding carboxylic acids is 3. The summed E-state index contributed by atoms with van der Waals surface area (Å²) in [7, 11) is 0. The average molecular weight is 284 g/mol. The summed E-state index contributed by atoms with van der Waals surface area (Å²) in [5, 5.41) is 10.9. The van der Waals surface area contributed by atoms with Gasteiger partial charge in [-0.1, -0.05) is 6.07 Å². The smallest absolute Gasteiger partial charge is 0.346 e. The maximum absolute atomic E-state index is 12.0. The maximum Gasteiger partial charge on any atom is 0.346 e. The zero-order chi connectivity index (χ0) is 14.9. The van der Waals surface area contributed by atoms with Crippen LogP contribution >= 0.6 is 0 Å². The molecule has 0 saturated carbocycles. The zero-order valence-electron chi connectivity index (χ0n) is 10.8. The molecule has 2 aromatic rings. The molecule has 2 aliphatic heterocycles. The Labute approximate surface area is 117 Å². The van der Waals surface area contributed by atoms with Crippen molar-refractivity contribution in [3.63, 3.8) is 0 Å². The SMILES string of the molecule is CC1(O)OC(=O)c2ccc3c4c(ccc1c24)C(=O)OC3=O. The minimum atomic E-state index is -1.81. The van der Waals surface area contributed by atoms with Crippen LogP contribution in [0.3, 0.4) is 0 Å². The maximum atomic E-state index is 12.0. The largest absolute Gasteiger partial charge is 0.425 e. The lowest BCUT2D eigenvalue weighted by Crippen LogP contribution is -2.34. The van der Waals surface area contributed by atoms with E-state index in [4.69, 9.17) is 4.74 Å².